The number of allylic oxidation sites excluding steroid dienone is 9. The van der Waals surface area contributed by atoms with Crippen molar-refractivity contribution in [3.8, 4) is 0 Å². The van der Waals surface area contributed by atoms with Gasteiger partial charge in [0.25, 0.3) is 0 Å². The molecule has 0 rings (SSSR count). The fourth-order valence-corrected chi connectivity index (χ4v) is 1.49. The van der Waals surface area contributed by atoms with Gasteiger partial charge in [-0.1, -0.05) is 82.7 Å². The third-order valence-electron chi connectivity index (χ3n) is 2.45. The standard InChI is InChI=1S/C15H22.C3H8.C2H6.C2H4/c1-6-10-11-12-14(8-3)15(5,9-4)13-7-2;1-3-2;2*1-2/h6-13H,4H2,1-3,5H3;3H2,1-2H3;1-2H3;1-2H2/b10-6-,12-11-,13-7-,14-8-;;;. The summed E-state index contributed by atoms with van der Waals surface area (Å²) in [4.78, 5) is 0. The summed E-state index contributed by atoms with van der Waals surface area (Å²) in [5, 5.41) is 0. The van der Waals surface area contributed by atoms with Gasteiger partial charge < -0.3 is 0 Å². The normalized spacial score (nSPS) is 13.4. The lowest BCUT2D eigenvalue weighted by Gasteiger charge is -2.23. The Morgan fingerprint density at radius 2 is 1.41 bits per heavy atom. The zero-order valence-electron chi connectivity index (χ0n) is 16.4. The molecule has 22 heavy (non-hydrogen) atoms. The predicted octanol–water partition coefficient (Wildman–Crippen LogP) is 8.08. The predicted molar refractivity (Wildman–Crippen MR) is 109 cm³/mol. The summed E-state index contributed by atoms with van der Waals surface area (Å²) in [6, 6.07) is 0. The van der Waals surface area contributed by atoms with Crippen LogP contribution in [0.25, 0.3) is 0 Å². The van der Waals surface area contributed by atoms with E-state index >= 15 is 0 Å². The number of rotatable bonds is 5. The largest absolute Gasteiger partial charge is 0.106 e. The van der Waals surface area contributed by atoms with Crippen molar-refractivity contribution in [1.29, 1.82) is 0 Å². The van der Waals surface area contributed by atoms with Crippen molar-refractivity contribution in [2.45, 2.75) is 61.8 Å². The van der Waals surface area contributed by atoms with Crippen LogP contribution in [0.2, 0.25) is 0 Å². The molecule has 0 aromatic rings. The van der Waals surface area contributed by atoms with Gasteiger partial charge in [-0.25, -0.2) is 0 Å². The van der Waals surface area contributed by atoms with E-state index in [0.29, 0.717) is 0 Å². The van der Waals surface area contributed by atoms with Crippen LogP contribution in [0.5, 0.6) is 0 Å². The van der Waals surface area contributed by atoms with Crippen molar-refractivity contribution < 1.29 is 0 Å². The van der Waals surface area contributed by atoms with Crippen LogP contribution in [-0.4, -0.2) is 0 Å². The Bertz CT molecular complexity index is 326. The van der Waals surface area contributed by atoms with Crippen molar-refractivity contribution in [2.75, 3.05) is 0 Å². The van der Waals surface area contributed by atoms with Crippen molar-refractivity contribution in [3.05, 3.63) is 73.9 Å². The lowest BCUT2D eigenvalue weighted by molar-refractivity contribution is 0.680. The molecule has 0 aromatic carbocycles. The molecule has 0 aliphatic heterocycles. The van der Waals surface area contributed by atoms with E-state index in [9.17, 15) is 0 Å². The molecule has 0 nitrogen and oxygen atoms in total. The molecule has 0 saturated carbocycles. The van der Waals surface area contributed by atoms with Gasteiger partial charge in [-0.15, -0.1) is 19.7 Å². The van der Waals surface area contributed by atoms with E-state index in [1.807, 2.05) is 45.9 Å². The van der Waals surface area contributed by atoms with Crippen molar-refractivity contribution in [1.82, 2.24) is 0 Å². The van der Waals surface area contributed by atoms with Crippen LogP contribution >= 0.6 is 0 Å². The monoisotopic (exact) mass is 304 g/mol. The molecule has 128 valence electrons. The first-order valence-electron chi connectivity index (χ1n) is 8.29. The van der Waals surface area contributed by atoms with Crippen LogP contribution < -0.4 is 0 Å². The van der Waals surface area contributed by atoms with E-state index in [0.717, 1.165) is 0 Å². The second-order valence-electron chi connectivity index (χ2n) is 4.32. The van der Waals surface area contributed by atoms with E-state index in [4.69, 9.17) is 0 Å². The topological polar surface area (TPSA) is 0 Å². The molecule has 0 aliphatic rings. The Morgan fingerprint density at radius 3 is 1.68 bits per heavy atom. The van der Waals surface area contributed by atoms with Gasteiger partial charge in [-0.2, -0.15) is 0 Å². The Morgan fingerprint density at radius 1 is 0.955 bits per heavy atom. The van der Waals surface area contributed by atoms with Gasteiger partial charge in [-0.05, 0) is 33.3 Å². The van der Waals surface area contributed by atoms with Crippen LogP contribution in [0.3, 0.4) is 0 Å². The van der Waals surface area contributed by atoms with E-state index in [-0.39, 0.29) is 5.41 Å². The summed E-state index contributed by atoms with van der Waals surface area (Å²) in [5.74, 6) is 0. The average Bonchev–Trinajstić information content (AvgIpc) is 2.56. The highest BCUT2D eigenvalue weighted by atomic mass is 14.2. The number of hydrogen-bond donors (Lipinski definition) is 0. The highest BCUT2D eigenvalue weighted by molar-refractivity contribution is 5.36. The Kier molecular flexibility index (Phi) is 31.8. The summed E-state index contributed by atoms with van der Waals surface area (Å²) < 4.78 is 0. The maximum atomic E-state index is 3.90. The van der Waals surface area contributed by atoms with Crippen LogP contribution in [-0.2, 0) is 0 Å². The zero-order chi connectivity index (χ0) is 18.4. The minimum Gasteiger partial charge on any atom is -0.106 e. The van der Waals surface area contributed by atoms with Crippen molar-refractivity contribution in [2.24, 2.45) is 5.41 Å². The highest BCUT2D eigenvalue weighted by Crippen LogP contribution is 2.30. The third kappa shape index (κ3) is 16.5. The Labute approximate surface area is 141 Å². The van der Waals surface area contributed by atoms with Gasteiger partial charge in [0.15, 0.2) is 0 Å². The molecule has 1 atom stereocenters. The molecule has 0 amide bonds. The molecule has 0 saturated heterocycles. The first kappa shape index (κ1) is 28.6. The minimum absolute atomic E-state index is 0.0679. The molecular formula is C22H40. The summed E-state index contributed by atoms with van der Waals surface area (Å²) in [6.45, 7) is 26.4. The summed E-state index contributed by atoms with van der Waals surface area (Å²) in [5.41, 5.74) is 1.19. The molecule has 0 spiro atoms. The van der Waals surface area contributed by atoms with E-state index in [2.05, 4.69) is 77.8 Å². The molecule has 0 aliphatic carbocycles. The van der Waals surface area contributed by atoms with E-state index < -0.39 is 0 Å². The molecule has 0 heterocycles. The van der Waals surface area contributed by atoms with E-state index in [1.165, 1.54) is 12.0 Å². The van der Waals surface area contributed by atoms with Crippen LogP contribution in [0.15, 0.2) is 73.9 Å². The molecule has 0 heteroatoms. The minimum atomic E-state index is -0.0679. The Hall–Kier alpha value is -1.56. The third-order valence-corrected chi connectivity index (χ3v) is 2.45. The first-order valence-corrected chi connectivity index (χ1v) is 8.29. The van der Waals surface area contributed by atoms with Gasteiger partial charge in [-0.3, -0.25) is 0 Å². The summed E-state index contributed by atoms with van der Waals surface area (Å²) in [7, 11) is 0. The van der Waals surface area contributed by atoms with Gasteiger partial charge in [0.1, 0.15) is 0 Å². The molecular weight excluding hydrogens is 264 g/mol. The molecule has 0 radical (unpaired) electrons. The quantitative estimate of drug-likeness (QED) is 0.355. The highest BCUT2D eigenvalue weighted by Gasteiger charge is 2.18. The maximum Gasteiger partial charge on any atom is 0.0277 e. The Balaban J connectivity index is -0.000000198. The fourth-order valence-electron chi connectivity index (χ4n) is 1.49. The lowest BCUT2D eigenvalue weighted by Crippen LogP contribution is -2.11. The van der Waals surface area contributed by atoms with Gasteiger partial charge in [0.05, 0.1) is 0 Å². The second kappa shape index (κ2) is 24.5. The summed E-state index contributed by atoms with van der Waals surface area (Å²) >= 11 is 0. The molecule has 0 aromatic heterocycles. The van der Waals surface area contributed by atoms with Gasteiger partial charge in [0.2, 0.25) is 0 Å². The molecule has 0 fully saturated rings. The van der Waals surface area contributed by atoms with Crippen molar-refractivity contribution >= 4 is 0 Å². The lowest BCUT2D eigenvalue weighted by atomic mass is 9.81. The van der Waals surface area contributed by atoms with Crippen LogP contribution in [0, 0.1) is 5.41 Å². The van der Waals surface area contributed by atoms with Gasteiger partial charge >= 0.3 is 0 Å². The molecule has 0 N–H and O–H groups in total. The zero-order valence-corrected chi connectivity index (χ0v) is 16.4. The molecule has 1 unspecified atom stereocenters. The molecule has 0 bridgehead atoms. The summed E-state index contributed by atoms with van der Waals surface area (Å²) in [6.07, 6.45) is 17.8. The number of hydrogen-bond acceptors (Lipinski definition) is 0. The second-order valence-corrected chi connectivity index (χ2v) is 4.32. The van der Waals surface area contributed by atoms with Crippen molar-refractivity contribution in [3.63, 3.8) is 0 Å². The van der Waals surface area contributed by atoms with E-state index in [1.54, 1.807) is 0 Å². The van der Waals surface area contributed by atoms with Gasteiger partial charge in [0, 0.05) is 5.41 Å². The maximum absolute atomic E-state index is 3.90. The SMILES string of the molecule is C=C.C=CC(C)(/C=C\C)C(/C=C\C=C/C)=C\C.CC.CCC. The fraction of sp³-hybridized carbons (Fsp3) is 0.455. The van der Waals surface area contributed by atoms with Crippen LogP contribution in [0.1, 0.15) is 61.8 Å². The smallest absolute Gasteiger partial charge is 0.0277 e. The van der Waals surface area contributed by atoms with Crippen LogP contribution in [0.4, 0.5) is 0 Å². The first-order chi connectivity index (χ1) is 10.6. The average molecular weight is 305 g/mol.